The van der Waals surface area contributed by atoms with E-state index < -0.39 is 42.3 Å². The van der Waals surface area contributed by atoms with E-state index in [1.807, 2.05) is 39.8 Å². The van der Waals surface area contributed by atoms with E-state index in [-0.39, 0.29) is 5.91 Å². The third kappa shape index (κ3) is 4.48. The molecular weight excluding hydrogens is 390 g/mol. The highest BCUT2D eigenvalue weighted by Crippen LogP contribution is 2.44. The fraction of sp³-hybridized carbons (Fsp3) is 0.682. The SMILES string of the molecule is CCCCOc1ccc(NC(=O)[C@@H]2O[C@@H]3OC(C)(C)O[C@@H]3[C@H]3OC(C)(C)O[C@@H]32)cc1. The number of nitrogens with one attached hydrogen (secondary N) is 1. The van der Waals surface area contributed by atoms with Crippen LogP contribution in [0.4, 0.5) is 5.69 Å². The van der Waals surface area contributed by atoms with Crippen LogP contribution >= 0.6 is 0 Å². The van der Waals surface area contributed by atoms with Crippen molar-refractivity contribution in [3.05, 3.63) is 24.3 Å². The van der Waals surface area contributed by atoms with Crippen molar-refractivity contribution in [1.82, 2.24) is 0 Å². The van der Waals surface area contributed by atoms with Gasteiger partial charge in [-0.2, -0.15) is 0 Å². The van der Waals surface area contributed by atoms with Crippen molar-refractivity contribution in [2.24, 2.45) is 0 Å². The van der Waals surface area contributed by atoms with Crippen molar-refractivity contribution in [1.29, 1.82) is 0 Å². The summed E-state index contributed by atoms with van der Waals surface area (Å²) in [5, 5.41) is 2.90. The molecule has 3 heterocycles. The predicted molar refractivity (Wildman–Crippen MR) is 108 cm³/mol. The van der Waals surface area contributed by atoms with Crippen molar-refractivity contribution in [3.63, 3.8) is 0 Å². The summed E-state index contributed by atoms with van der Waals surface area (Å²) in [7, 11) is 0. The summed E-state index contributed by atoms with van der Waals surface area (Å²) in [6.45, 7) is 10.0. The lowest BCUT2D eigenvalue weighted by Crippen LogP contribution is -2.58. The van der Waals surface area contributed by atoms with Gasteiger partial charge >= 0.3 is 0 Å². The Bertz CT molecular complexity index is 763. The van der Waals surface area contributed by atoms with Crippen molar-refractivity contribution in [2.75, 3.05) is 11.9 Å². The molecule has 3 saturated heterocycles. The number of ether oxygens (including phenoxy) is 6. The number of rotatable bonds is 6. The molecule has 5 atom stereocenters. The van der Waals surface area contributed by atoms with E-state index in [0.717, 1.165) is 18.6 Å². The van der Waals surface area contributed by atoms with Gasteiger partial charge in [0.25, 0.3) is 5.91 Å². The number of carbonyl (C=O) groups is 1. The van der Waals surface area contributed by atoms with E-state index in [4.69, 9.17) is 28.4 Å². The zero-order valence-corrected chi connectivity index (χ0v) is 18.2. The van der Waals surface area contributed by atoms with Crippen LogP contribution in [0.15, 0.2) is 24.3 Å². The summed E-state index contributed by atoms with van der Waals surface area (Å²) in [5.41, 5.74) is 0.646. The zero-order valence-electron chi connectivity index (χ0n) is 18.2. The van der Waals surface area contributed by atoms with Crippen LogP contribution < -0.4 is 10.1 Å². The first kappa shape index (κ1) is 21.5. The van der Waals surface area contributed by atoms with E-state index in [2.05, 4.69) is 12.2 Å². The fourth-order valence-electron chi connectivity index (χ4n) is 4.01. The van der Waals surface area contributed by atoms with Crippen molar-refractivity contribution < 1.29 is 33.2 Å². The summed E-state index contributed by atoms with van der Waals surface area (Å²) in [6.07, 6.45) is -1.05. The predicted octanol–water partition coefficient (Wildman–Crippen LogP) is 3.20. The summed E-state index contributed by atoms with van der Waals surface area (Å²) in [5.74, 6) is -1.22. The molecule has 8 nitrogen and oxygen atoms in total. The lowest BCUT2D eigenvalue weighted by atomic mass is 9.98. The Hall–Kier alpha value is -1.71. The molecule has 1 aromatic carbocycles. The van der Waals surface area contributed by atoms with E-state index in [0.29, 0.717) is 12.3 Å². The minimum Gasteiger partial charge on any atom is -0.494 e. The molecule has 0 aliphatic carbocycles. The van der Waals surface area contributed by atoms with Crippen LogP contribution in [0.1, 0.15) is 47.5 Å². The van der Waals surface area contributed by atoms with Crippen LogP contribution in [-0.4, -0.2) is 54.8 Å². The van der Waals surface area contributed by atoms with Crippen LogP contribution in [0.5, 0.6) is 5.75 Å². The summed E-state index contributed by atoms with van der Waals surface area (Å²) in [6, 6.07) is 7.27. The largest absolute Gasteiger partial charge is 0.494 e. The summed E-state index contributed by atoms with van der Waals surface area (Å²) < 4.78 is 35.5. The molecule has 4 rings (SSSR count). The average molecular weight is 421 g/mol. The highest BCUT2D eigenvalue weighted by Gasteiger charge is 2.62. The topological polar surface area (TPSA) is 84.5 Å². The molecule has 1 N–H and O–H groups in total. The molecule has 3 aliphatic heterocycles. The van der Waals surface area contributed by atoms with Gasteiger partial charge in [0.05, 0.1) is 6.61 Å². The molecule has 8 heteroatoms. The molecule has 0 bridgehead atoms. The minimum absolute atomic E-state index is 0.322. The van der Waals surface area contributed by atoms with Crippen molar-refractivity contribution in [3.8, 4) is 5.75 Å². The number of fused-ring (bicyclic) bond motifs is 3. The Kier molecular flexibility index (Phi) is 5.80. The third-order valence-corrected chi connectivity index (χ3v) is 5.30. The van der Waals surface area contributed by atoms with Crippen LogP contribution in [0.2, 0.25) is 0 Å². The number of hydrogen-bond donors (Lipinski definition) is 1. The van der Waals surface area contributed by atoms with Gasteiger partial charge in [-0.1, -0.05) is 13.3 Å². The minimum atomic E-state index is -0.893. The first-order valence-corrected chi connectivity index (χ1v) is 10.6. The molecule has 0 saturated carbocycles. The molecule has 1 aromatic rings. The highest BCUT2D eigenvalue weighted by atomic mass is 16.9. The van der Waals surface area contributed by atoms with Crippen LogP contribution in [0.25, 0.3) is 0 Å². The molecule has 30 heavy (non-hydrogen) atoms. The first-order valence-electron chi connectivity index (χ1n) is 10.6. The fourth-order valence-corrected chi connectivity index (χ4v) is 4.01. The highest BCUT2D eigenvalue weighted by molar-refractivity contribution is 5.94. The van der Waals surface area contributed by atoms with E-state index >= 15 is 0 Å². The number of carbonyl (C=O) groups excluding carboxylic acids is 1. The Morgan fingerprint density at radius 3 is 2.30 bits per heavy atom. The number of anilines is 1. The van der Waals surface area contributed by atoms with Gasteiger partial charge in [-0.15, -0.1) is 0 Å². The second-order valence-corrected chi connectivity index (χ2v) is 8.81. The lowest BCUT2D eigenvalue weighted by Gasteiger charge is -2.36. The van der Waals surface area contributed by atoms with E-state index in [9.17, 15) is 4.79 Å². The number of amides is 1. The molecule has 0 spiro atoms. The second kappa shape index (κ2) is 8.09. The van der Waals surface area contributed by atoms with E-state index in [1.54, 1.807) is 12.1 Å². The van der Waals surface area contributed by atoms with Crippen LogP contribution in [0.3, 0.4) is 0 Å². The van der Waals surface area contributed by atoms with Gasteiger partial charge in [0.15, 0.2) is 24.0 Å². The van der Waals surface area contributed by atoms with Crippen molar-refractivity contribution in [2.45, 2.75) is 89.7 Å². The van der Waals surface area contributed by atoms with Gasteiger partial charge in [0.2, 0.25) is 0 Å². The van der Waals surface area contributed by atoms with Gasteiger partial charge in [-0.3, -0.25) is 4.79 Å². The Balaban J connectivity index is 1.45. The van der Waals surface area contributed by atoms with Gasteiger partial charge < -0.3 is 33.7 Å². The van der Waals surface area contributed by atoms with Crippen LogP contribution in [0, 0.1) is 0 Å². The molecule has 3 aliphatic rings. The standard InChI is InChI=1S/C22H31NO7/c1-6-7-12-25-14-10-8-13(9-11-14)23-19(24)17-15-16(28-21(2,3)27-15)18-20(26-17)30-22(4,5)29-18/h8-11,15-18,20H,6-7,12H2,1-5H3,(H,23,24)/t15-,16-,17+,18+,20+/m0/s1. The molecule has 3 fully saturated rings. The summed E-state index contributed by atoms with van der Waals surface area (Å²) >= 11 is 0. The molecule has 0 radical (unpaired) electrons. The van der Waals surface area contributed by atoms with Crippen molar-refractivity contribution >= 4 is 11.6 Å². The Morgan fingerprint density at radius 2 is 1.60 bits per heavy atom. The first-order chi connectivity index (χ1) is 14.2. The second-order valence-electron chi connectivity index (χ2n) is 8.81. The van der Waals surface area contributed by atoms with Gasteiger partial charge in [-0.25, -0.2) is 0 Å². The molecule has 1 amide bonds. The normalized spacial score (nSPS) is 33.6. The molecule has 0 unspecified atom stereocenters. The van der Waals surface area contributed by atoms with E-state index in [1.165, 1.54) is 0 Å². The van der Waals surface area contributed by atoms with Crippen LogP contribution in [-0.2, 0) is 28.5 Å². The molecule has 0 aromatic heterocycles. The number of unbranched alkanes of at least 4 members (excludes halogenated alkanes) is 1. The van der Waals surface area contributed by atoms with Gasteiger partial charge in [0, 0.05) is 5.69 Å². The molecular formula is C22H31NO7. The Labute approximate surface area is 177 Å². The smallest absolute Gasteiger partial charge is 0.256 e. The van der Waals surface area contributed by atoms with Gasteiger partial charge in [-0.05, 0) is 58.4 Å². The monoisotopic (exact) mass is 421 g/mol. The lowest BCUT2D eigenvalue weighted by molar-refractivity contribution is -0.229. The Morgan fingerprint density at radius 1 is 0.967 bits per heavy atom. The van der Waals surface area contributed by atoms with Gasteiger partial charge in [0.1, 0.15) is 24.1 Å². The molecule has 166 valence electrons. The maximum Gasteiger partial charge on any atom is 0.256 e. The average Bonchev–Trinajstić information content (AvgIpc) is 3.16. The maximum absolute atomic E-state index is 13.1. The quantitative estimate of drug-likeness (QED) is 0.706. The number of benzene rings is 1. The maximum atomic E-state index is 13.1. The summed E-state index contributed by atoms with van der Waals surface area (Å²) in [4.78, 5) is 13.1. The zero-order chi connectivity index (χ0) is 21.5. The third-order valence-electron chi connectivity index (χ3n) is 5.30. The number of hydrogen-bond acceptors (Lipinski definition) is 7.